The van der Waals surface area contributed by atoms with E-state index in [-0.39, 0.29) is 0 Å². The van der Waals surface area contributed by atoms with Crippen LogP contribution in [0.5, 0.6) is 0 Å². The molecule has 0 bridgehead atoms. The highest BCUT2D eigenvalue weighted by Gasteiger charge is 1.90. The second kappa shape index (κ2) is 8.03. The van der Waals surface area contributed by atoms with Crippen LogP contribution in [0, 0.1) is 5.92 Å². The zero-order chi connectivity index (χ0) is 10.1. The Morgan fingerprint density at radius 1 is 1.31 bits per heavy atom. The molecule has 0 saturated heterocycles. The molecule has 0 aromatic carbocycles. The van der Waals surface area contributed by atoms with Crippen molar-refractivity contribution in [2.45, 2.75) is 47.0 Å². The average Bonchev–Trinajstić information content (AvgIpc) is 2.10. The highest BCUT2D eigenvalue weighted by atomic mass is 14.7. The van der Waals surface area contributed by atoms with E-state index in [0.29, 0.717) is 5.92 Å². The highest BCUT2D eigenvalue weighted by Crippen LogP contribution is 2.01. The van der Waals surface area contributed by atoms with E-state index >= 15 is 0 Å². The maximum Gasteiger partial charge on any atom is 0.0412 e. The van der Waals surface area contributed by atoms with E-state index in [1.54, 1.807) is 0 Å². The summed E-state index contributed by atoms with van der Waals surface area (Å²) in [5, 5.41) is 0. The molecule has 1 heteroatoms. The molecule has 0 aliphatic carbocycles. The van der Waals surface area contributed by atoms with Crippen LogP contribution in [0.3, 0.4) is 0 Å². The van der Waals surface area contributed by atoms with E-state index in [1.165, 1.54) is 18.4 Å². The number of rotatable bonds is 6. The lowest BCUT2D eigenvalue weighted by Crippen LogP contribution is -1.93. The molecule has 0 N–H and O–H groups in total. The molecule has 0 spiro atoms. The zero-order valence-electron chi connectivity index (χ0n) is 9.51. The number of unbranched alkanes of at least 4 members (excludes halogenated alkanes) is 1. The van der Waals surface area contributed by atoms with Crippen molar-refractivity contribution < 1.29 is 0 Å². The minimum atomic E-state index is 0.667. The molecule has 0 rings (SSSR count). The second-order valence-corrected chi connectivity index (χ2v) is 3.81. The van der Waals surface area contributed by atoms with Crippen LogP contribution < -0.4 is 0 Å². The SMILES string of the molecule is CCC/C=C(/C=NCC(C)C)CC. The Morgan fingerprint density at radius 3 is 2.46 bits per heavy atom. The lowest BCUT2D eigenvalue weighted by atomic mass is 10.1. The first-order chi connectivity index (χ1) is 6.20. The van der Waals surface area contributed by atoms with Gasteiger partial charge in [0.25, 0.3) is 0 Å². The predicted molar refractivity (Wildman–Crippen MR) is 61.5 cm³/mol. The third-order valence-electron chi connectivity index (χ3n) is 1.83. The van der Waals surface area contributed by atoms with Gasteiger partial charge in [-0.15, -0.1) is 0 Å². The van der Waals surface area contributed by atoms with Crippen molar-refractivity contribution in [1.29, 1.82) is 0 Å². The number of allylic oxidation sites excluding steroid dienone is 2. The van der Waals surface area contributed by atoms with Crippen LogP contribution in [0.2, 0.25) is 0 Å². The first-order valence-corrected chi connectivity index (χ1v) is 5.39. The molecular formula is C12H23N. The minimum Gasteiger partial charge on any atom is -0.293 e. The van der Waals surface area contributed by atoms with Gasteiger partial charge < -0.3 is 0 Å². The maximum absolute atomic E-state index is 4.40. The van der Waals surface area contributed by atoms with Crippen LogP contribution in [0.4, 0.5) is 0 Å². The predicted octanol–water partition coefficient (Wildman–Crippen LogP) is 3.85. The van der Waals surface area contributed by atoms with Gasteiger partial charge >= 0.3 is 0 Å². The van der Waals surface area contributed by atoms with Crippen molar-refractivity contribution in [2.24, 2.45) is 10.9 Å². The van der Waals surface area contributed by atoms with Crippen molar-refractivity contribution in [3.05, 3.63) is 11.6 Å². The molecule has 0 radical (unpaired) electrons. The van der Waals surface area contributed by atoms with E-state index in [0.717, 1.165) is 13.0 Å². The van der Waals surface area contributed by atoms with Gasteiger partial charge in [0.15, 0.2) is 0 Å². The van der Waals surface area contributed by atoms with Crippen molar-refractivity contribution in [2.75, 3.05) is 6.54 Å². The molecule has 0 aliphatic heterocycles. The summed E-state index contributed by atoms with van der Waals surface area (Å²) in [5.74, 6) is 0.667. The van der Waals surface area contributed by atoms with Gasteiger partial charge in [0, 0.05) is 12.8 Å². The second-order valence-electron chi connectivity index (χ2n) is 3.81. The van der Waals surface area contributed by atoms with Crippen molar-refractivity contribution in [3.63, 3.8) is 0 Å². The lowest BCUT2D eigenvalue weighted by Gasteiger charge is -1.99. The Hall–Kier alpha value is -0.590. The summed E-state index contributed by atoms with van der Waals surface area (Å²) in [6.07, 6.45) is 7.83. The van der Waals surface area contributed by atoms with Crippen LogP contribution in [0.25, 0.3) is 0 Å². The fourth-order valence-electron chi connectivity index (χ4n) is 0.999. The van der Waals surface area contributed by atoms with E-state index < -0.39 is 0 Å². The van der Waals surface area contributed by atoms with Crippen LogP contribution in [0.1, 0.15) is 47.0 Å². The molecule has 0 aromatic rings. The van der Waals surface area contributed by atoms with Gasteiger partial charge in [-0.25, -0.2) is 0 Å². The summed E-state index contributed by atoms with van der Waals surface area (Å²) in [5.41, 5.74) is 1.38. The first kappa shape index (κ1) is 12.4. The molecule has 0 atom stereocenters. The van der Waals surface area contributed by atoms with Gasteiger partial charge in [-0.1, -0.05) is 40.2 Å². The topological polar surface area (TPSA) is 12.4 Å². The molecular weight excluding hydrogens is 158 g/mol. The fourth-order valence-corrected chi connectivity index (χ4v) is 0.999. The zero-order valence-corrected chi connectivity index (χ0v) is 9.51. The summed E-state index contributed by atoms with van der Waals surface area (Å²) in [6.45, 7) is 9.72. The van der Waals surface area contributed by atoms with Crippen LogP contribution >= 0.6 is 0 Å². The van der Waals surface area contributed by atoms with Gasteiger partial charge in [-0.3, -0.25) is 4.99 Å². The van der Waals surface area contributed by atoms with Gasteiger partial charge in [-0.2, -0.15) is 0 Å². The average molecular weight is 181 g/mol. The largest absolute Gasteiger partial charge is 0.293 e. The molecule has 13 heavy (non-hydrogen) atoms. The molecule has 76 valence electrons. The van der Waals surface area contributed by atoms with Gasteiger partial charge in [0.1, 0.15) is 0 Å². The van der Waals surface area contributed by atoms with Gasteiger partial charge in [0.2, 0.25) is 0 Å². The third kappa shape index (κ3) is 7.76. The molecule has 0 aliphatic rings. The van der Waals surface area contributed by atoms with E-state index in [2.05, 4.69) is 38.8 Å². The number of aliphatic imine (C=N–C) groups is 1. The quantitative estimate of drug-likeness (QED) is 0.552. The summed E-state index contributed by atoms with van der Waals surface area (Å²) in [6, 6.07) is 0. The Bertz CT molecular complexity index is 166. The molecule has 0 saturated carbocycles. The normalized spacial score (nSPS) is 13.2. The molecule has 0 aromatic heterocycles. The van der Waals surface area contributed by atoms with E-state index in [4.69, 9.17) is 0 Å². The molecule has 0 unspecified atom stereocenters. The lowest BCUT2D eigenvalue weighted by molar-refractivity contribution is 0.667. The van der Waals surface area contributed by atoms with Crippen LogP contribution in [0.15, 0.2) is 16.6 Å². The summed E-state index contributed by atoms with van der Waals surface area (Å²) in [7, 11) is 0. The van der Waals surface area contributed by atoms with Crippen LogP contribution in [-0.4, -0.2) is 12.8 Å². The molecule has 1 nitrogen and oxygen atoms in total. The Kier molecular flexibility index (Phi) is 7.66. The van der Waals surface area contributed by atoms with E-state index in [1.807, 2.05) is 6.21 Å². The maximum atomic E-state index is 4.40. The fraction of sp³-hybridized carbons (Fsp3) is 0.750. The third-order valence-corrected chi connectivity index (χ3v) is 1.83. The summed E-state index contributed by atoms with van der Waals surface area (Å²) >= 11 is 0. The van der Waals surface area contributed by atoms with Gasteiger partial charge in [0.05, 0.1) is 0 Å². The first-order valence-electron chi connectivity index (χ1n) is 5.39. The smallest absolute Gasteiger partial charge is 0.0412 e. The van der Waals surface area contributed by atoms with Crippen molar-refractivity contribution in [1.82, 2.24) is 0 Å². The van der Waals surface area contributed by atoms with Gasteiger partial charge in [-0.05, 0) is 24.3 Å². The summed E-state index contributed by atoms with van der Waals surface area (Å²) < 4.78 is 0. The standard InChI is InChI=1S/C12H23N/c1-5-7-8-12(6-2)10-13-9-11(3)4/h8,10-11H,5-7,9H2,1-4H3/b12-8+,13-10?. The minimum absolute atomic E-state index is 0.667. The Morgan fingerprint density at radius 2 is 2.00 bits per heavy atom. The number of hydrogen-bond donors (Lipinski definition) is 0. The number of nitrogens with zero attached hydrogens (tertiary/aromatic N) is 1. The van der Waals surface area contributed by atoms with Crippen molar-refractivity contribution >= 4 is 6.21 Å². The Labute approximate surface area is 83.0 Å². The molecule has 0 amide bonds. The number of hydrogen-bond acceptors (Lipinski definition) is 1. The van der Waals surface area contributed by atoms with Crippen molar-refractivity contribution in [3.8, 4) is 0 Å². The molecule has 0 fully saturated rings. The Balaban J connectivity index is 3.89. The van der Waals surface area contributed by atoms with E-state index in [9.17, 15) is 0 Å². The molecule has 0 heterocycles. The van der Waals surface area contributed by atoms with Crippen LogP contribution in [-0.2, 0) is 0 Å². The highest BCUT2D eigenvalue weighted by molar-refractivity contribution is 5.78. The monoisotopic (exact) mass is 181 g/mol. The summed E-state index contributed by atoms with van der Waals surface area (Å²) in [4.78, 5) is 4.40.